The van der Waals surface area contributed by atoms with Gasteiger partial charge in [0.15, 0.2) is 0 Å². The molecule has 0 aliphatic rings. The number of rotatable bonds is 7. The van der Waals surface area contributed by atoms with E-state index in [1.54, 1.807) is 0 Å². The maximum absolute atomic E-state index is 12.7. The summed E-state index contributed by atoms with van der Waals surface area (Å²) < 4.78 is 86.3. The second kappa shape index (κ2) is 5.84. The van der Waals surface area contributed by atoms with Crippen LogP contribution in [0, 0.1) is 0 Å². The summed E-state index contributed by atoms with van der Waals surface area (Å²) in [4.78, 5) is 10.8. The summed E-state index contributed by atoms with van der Waals surface area (Å²) >= 11 is 0. The Morgan fingerprint density at radius 2 is 1.74 bits per heavy atom. The maximum atomic E-state index is 12.7. The third-order valence-electron chi connectivity index (χ3n) is 1.61. The standard InChI is InChI=1S/C8H10F4O6S/c1-5(2)6(13)17-3-4-18-7(9,10)8(11,12)19(14,15)16/h1,3-4H2,2H3,(H,14,15,16). The molecule has 0 atom stereocenters. The summed E-state index contributed by atoms with van der Waals surface area (Å²) in [6, 6.07) is 0. The molecule has 0 heterocycles. The van der Waals surface area contributed by atoms with Crippen LogP contribution in [0.4, 0.5) is 17.6 Å². The number of alkyl halides is 4. The highest BCUT2D eigenvalue weighted by Gasteiger charge is 2.67. The van der Waals surface area contributed by atoms with Gasteiger partial charge in [0.1, 0.15) is 6.61 Å². The number of carbonyl (C=O) groups is 1. The zero-order chi connectivity index (χ0) is 15.5. The molecule has 19 heavy (non-hydrogen) atoms. The van der Waals surface area contributed by atoms with Crippen molar-refractivity contribution in [3.8, 4) is 0 Å². The van der Waals surface area contributed by atoms with Crippen molar-refractivity contribution in [1.82, 2.24) is 0 Å². The Hall–Kier alpha value is -1.20. The minimum atomic E-state index is -6.36. The number of carbonyl (C=O) groups excluding carboxylic acids is 1. The lowest BCUT2D eigenvalue weighted by atomic mass is 10.4. The molecule has 1 N–H and O–H groups in total. The van der Waals surface area contributed by atoms with Gasteiger partial charge in [0.25, 0.3) is 0 Å². The highest BCUT2D eigenvalue weighted by atomic mass is 32.2. The van der Waals surface area contributed by atoms with E-state index in [1.165, 1.54) is 6.92 Å². The molecule has 0 fully saturated rings. The summed E-state index contributed by atoms with van der Waals surface area (Å²) in [7, 11) is -6.36. The first-order valence-electron chi connectivity index (χ1n) is 4.52. The van der Waals surface area contributed by atoms with Gasteiger partial charge in [0.2, 0.25) is 0 Å². The largest absolute Gasteiger partial charge is 0.460 e. The molecule has 6 nitrogen and oxygen atoms in total. The Morgan fingerprint density at radius 1 is 1.26 bits per heavy atom. The van der Waals surface area contributed by atoms with Crippen LogP contribution in [-0.2, 0) is 24.4 Å². The Morgan fingerprint density at radius 3 is 2.11 bits per heavy atom. The van der Waals surface area contributed by atoms with E-state index in [-0.39, 0.29) is 5.57 Å². The molecule has 112 valence electrons. The van der Waals surface area contributed by atoms with E-state index in [2.05, 4.69) is 16.1 Å². The van der Waals surface area contributed by atoms with Gasteiger partial charge in [-0.05, 0) is 6.92 Å². The predicted molar refractivity (Wildman–Crippen MR) is 53.2 cm³/mol. The molecular formula is C8H10F4O6S. The molecule has 0 unspecified atom stereocenters. The Balaban J connectivity index is 4.49. The quantitative estimate of drug-likeness (QED) is 0.250. The smallest absolute Gasteiger partial charge is 0.459 e. The van der Waals surface area contributed by atoms with Crippen LogP contribution < -0.4 is 0 Å². The first-order chi connectivity index (χ1) is 8.33. The van der Waals surface area contributed by atoms with Crippen LogP contribution in [0.1, 0.15) is 6.92 Å². The van der Waals surface area contributed by atoms with Crippen molar-refractivity contribution in [2.45, 2.75) is 18.3 Å². The predicted octanol–water partition coefficient (Wildman–Crippen LogP) is 1.20. The molecule has 0 saturated heterocycles. The Bertz CT molecular complexity index is 458. The van der Waals surface area contributed by atoms with Crippen LogP contribution in [0.2, 0.25) is 0 Å². The molecule has 0 radical (unpaired) electrons. The van der Waals surface area contributed by atoms with Crippen molar-refractivity contribution in [2.24, 2.45) is 0 Å². The molecule has 11 heteroatoms. The van der Waals surface area contributed by atoms with Gasteiger partial charge in [-0.3, -0.25) is 4.55 Å². The van der Waals surface area contributed by atoms with Crippen LogP contribution in [0.5, 0.6) is 0 Å². The van der Waals surface area contributed by atoms with Gasteiger partial charge in [-0.25, -0.2) is 4.79 Å². The van der Waals surface area contributed by atoms with Gasteiger partial charge >= 0.3 is 27.5 Å². The number of ether oxygens (including phenoxy) is 2. The third-order valence-corrected chi connectivity index (χ3v) is 2.50. The van der Waals surface area contributed by atoms with Crippen LogP contribution in [0.3, 0.4) is 0 Å². The van der Waals surface area contributed by atoms with E-state index in [9.17, 15) is 30.8 Å². The van der Waals surface area contributed by atoms with Crippen molar-refractivity contribution in [3.05, 3.63) is 12.2 Å². The van der Waals surface area contributed by atoms with E-state index >= 15 is 0 Å². The van der Waals surface area contributed by atoms with Gasteiger partial charge in [0, 0.05) is 5.57 Å². The van der Waals surface area contributed by atoms with Crippen molar-refractivity contribution < 1.29 is 44.8 Å². The van der Waals surface area contributed by atoms with Crippen LogP contribution in [-0.4, -0.2) is 43.5 Å². The molecule has 0 aromatic heterocycles. The van der Waals surface area contributed by atoms with E-state index in [1.807, 2.05) is 0 Å². The lowest BCUT2D eigenvalue weighted by molar-refractivity contribution is -0.319. The topological polar surface area (TPSA) is 89.9 Å². The van der Waals surface area contributed by atoms with Gasteiger partial charge in [-0.15, -0.1) is 0 Å². The summed E-state index contributed by atoms with van der Waals surface area (Å²) in [5.41, 5.74) is -0.0602. The maximum Gasteiger partial charge on any atom is 0.459 e. The van der Waals surface area contributed by atoms with Gasteiger partial charge in [0.05, 0.1) is 6.61 Å². The van der Waals surface area contributed by atoms with Gasteiger partial charge < -0.3 is 9.47 Å². The number of hydrogen-bond donors (Lipinski definition) is 1. The highest BCUT2D eigenvalue weighted by Crippen LogP contribution is 2.38. The molecule has 0 spiro atoms. The normalized spacial score (nSPS) is 13.2. The number of halogens is 4. The fourth-order valence-electron chi connectivity index (χ4n) is 0.662. The van der Waals surface area contributed by atoms with Crippen LogP contribution >= 0.6 is 0 Å². The molecule has 0 saturated carbocycles. The second-order valence-corrected chi connectivity index (χ2v) is 4.74. The molecule has 0 aromatic rings. The lowest BCUT2D eigenvalue weighted by Crippen LogP contribution is -2.49. The van der Waals surface area contributed by atoms with E-state index in [0.717, 1.165) is 0 Å². The zero-order valence-corrected chi connectivity index (χ0v) is 10.3. The monoisotopic (exact) mass is 310 g/mol. The summed E-state index contributed by atoms with van der Waals surface area (Å²) in [5.74, 6) is -0.964. The molecule has 0 amide bonds. The lowest BCUT2D eigenvalue weighted by Gasteiger charge is -2.23. The first-order valence-corrected chi connectivity index (χ1v) is 5.96. The zero-order valence-electron chi connectivity index (χ0n) is 9.53. The highest BCUT2D eigenvalue weighted by molar-refractivity contribution is 7.86. The molecule has 0 aliphatic heterocycles. The summed E-state index contributed by atoms with van der Waals surface area (Å²) in [5, 5.41) is -5.82. The van der Waals surface area contributed by atoms with Crippen molar-refractivity contribution in [3.63, 3.8) is 0 Å². The molecular weight excluding hydrogens is 300 g/mol. The van der Waals surface area contributed by atoms with E-state index in [0.29, 0.717) is 0 Å². The fourth-order valence-corrected chi connectivity index (χ4v) is 1.02. The van der Waals surface area contributed by atoms with Crippen LogP contribution in [0.25, 0.3) is 0 Å². The Labute approximate surface area is 105 Å². The summed E-state index contributed by atoms with van der Waals surface area (Å²) in [6.07, 6.45) is -5.48. The van der Waals surface area contributed by atoms with Crippen molar-refractivity contribution in [1.29, 1.82) is 0 Å². The second-order valence-electron chi connectivity index (χ2n) is 3.27. The molecule has 0 aliphatic carbocycles. The molecule has 0 rings (SSSR count). The first kappa shape index (κ1) is 17.8. The average molecular weight is 310 g/mol. The minimum Gasteiger partial charge on any atom is -0.460 e. The summed E-state index contributed by atoms with van der Waals surface area (Å²) in [6.45, 7) is 2.37. The van der Waals surface area contributed by atoms with E-state index in [4.69, 9.17) is 4.55 Å². The van der Waals surface area contributed by atoms with Gasteiger partial charge in [-0.1, -0.05) is 6.58 Å². The van der Waals surface area contributed by atoms with Crippen molar-refractivity contribution >= 4 is 16.1 Å². The number of esters is 1. The molecule has 0 aromatic carbocycles. The Kier molecular flexibility index (Phi) is 5.47. The van der Waals surface area contributed by atoms with Crippen molar-refractivity contribution in [2.75, 3.05) is 13.2 Å². The number of hydrogen-bond acceptors (Lipinski definition) is 5. The van der Waals surface area contributed by atoms with Gasteiger partial charge in [-0.2, -0.15) is 26.0 Å². The van der Waals surface area contributed by atoms with E-state index < -0.39 is 40.7 Å². The molecule has 0 bridgehead atoms. The minimum absolute atomic E-state index is 0.0602. The third kappa shape index (κ3) is 4.44. The van der Waals surface area contributed by atoms with Crippen LogP contribution in [0.15, 0.2) is 12.2 Å². The SMILES string of the molecule is C=C(C)C(=O)OCCOC(F)(F)C(F)(F)S(=O)(=O)O. The average Bonchev–Trinajstić information content (AvgIpc) is 2.21. The fraction of sp³-hybridized carbons (Fsp3) is 0.625.